The first-order valence-corrected chi connectivity index (χ1v) is 12.1. The Hall–Kier alpha value is -3.79. The number of aliphatic hydroxyl groups is 1. The van der Waals surface area contributed by atoms with Gasteiger partial charge in [0, 0.05) is 12.2 Å². The number of nitrogens with zero attached hydrogens (tertiary/aromatic N) is 1. The number of methoxy groups -OCH3 is 1. The minimum Gasteiger partial charge on any atom is -0.508 e. The van der Waals surface area contributed by atoms with Crippen LogP contribution in [0.25, 0.3) is 0 Å². The molecule has 0 saturated heterocycles. The molecule has 2 rings (SSSR count). The van der Waals surface area contributed by atoms with E-state index in [1.807, 2.05) is 6.92 Å². The minimum absolute atomic E-state index is 0.0475. The molecule has 0 radical (unpaired) electrons. The Balaban J connectivity index is 2.45. The molecule has 0 aliphatic heterocycles. The van der Waals surface area contributed by atoms with Gasteiger partial charge in [0.25, 0.3) is 5.91 Å². The highest BCUT2D eigenvalue weighted by atomic mass is 16.6. The summed E-state index contributed by atoms with van der Waals surface area (Å²) in [6.07, 6.45) is -0.365. The molecule has 2 atom stereocenters. The number of aromatic hydroxyl groups is 1. The molecule has 0 fully saturated rings. The summed E-state index contributed by atoms with van der Waals surface area (Å²) in [5.41, 5.74) is 0.660. The molecular weight excluding hydrogens is 478 g/mol. The topological polar surface area (TPSA) is 137 Å². The second-order valence-corrected chi connectivity index (χ2v) is 9.58. The zero-order valence-corrected chi connectivity index (χ0v) is 22.2. The molecule has 0 heterocycles. The predicted molar refractivity (Wildman–Crippen MR) is 139 cm³/mol. The highest BCUT2D eigenvalue weighted by molar-refractivity contribution is 5.99. The fraction of sp³-hybridized carbons (Fsp3) is 0.444. The molecule has 37 heavy (non-hydrogen) atoms. The molecule has 0 aromatic heterocycles. The summed E-state index contributed by atoms with van der Waals surface area (Å²) in [6.45, 7) is 8.03. The molecular formula is C27H37N3O7. The van der Waals surface area contributed by atoms with Gasteiger partial charge < -0.3 is 35.2 Å². The van der Waals surface area contributed by atoms with E-state index < -0.39 is 42.2 Å². The molecule has 4 N–H and O–H groups in total. The lowest BCUT2D eigenvalue weighted by Crippen LogP contribution is -2.54. The first-order chi connectivity index (χ1) is 17.4. The van der Waals surface area contributed by atoms with Crippen LogP contribution in [-0.2, 0) is 14.3 Å². The van der Waals surface area contributed by atoms with E-state index in [1.54, 1.807) is 64.1 Å². The second-order valence-electron chi connectivity index (χ2n) is 9.58. The first kappa shape index (κ1) is 29.4. The average Bonchev–Trinajstić information content (AvgIpc) is 2.83. The number of phenolic OH excluding ortho intramolecular Hbond substituents is 1. The lowest BCUT2D eigenvalue weighted by molar-refractivity contribution is -0.141. The number of aliphatic hydroxyl groups excluding tert-OH is 1. The molecule has 202 valence electrons. The Morgan fingerprint density at radius 1 is 1.08 bits per heavy atom. The Morgan fingerprint density at radius 3 is 2.24 bits per heavy atom. The largest absolute Gasteiger partial charge is 0.508 e. The van der Waals surface area contributed by atoms with Gasteiger partial charge >= 0.3 is 6.09 Å². The van der Waals surface area contributed by atoms with Crippen molar-refractivity contribution in [3.8, 4) is 11.5 Å². The molecule has 0 aliphatic carbocycles. The van der Waals surface area contributed by atoms with Gasteiger partial charge in [0.15, 0.2) is 0 Å². The zero-order chi connectivity index (χ0) is 27.8. The van der Waals surface area contributed by atoms with Gasteiger partial charge in [0.1, 0.15) is 29.2 Å². The van der Waals surface area contributed by atoms with Gasteiger partial charge in [-0.3, -0.25) is 9.59 Å². The fourth-order valence-electron chi connectivity index (χ4n) is 3.65. The summed E-state index contributed by atoms with van der Waals surface area (Å²) in [6, 6.07) is 8.90. The van der Waals surface area contributed by atoms with Crippen LogP contribution in [0, 0.1) is 6.92 Å². The number of ether oxygens (including phenoxy) is 2. The fourth-order valence-corrected chi connectivity index (χ4v) is 3.65. The number of amides is 3. The van der Waals surface area contributed by atoms with Gasteiger partial charge in [0.05, 0.1) is 13.7 Å². The van der Waals surface area contributed by atoms with Crippen LogP contribution in [0.3, 0.4) is 0 Å². The number of hydrogen-bond donors (Lipinski definition) is 4. The van der Waals surface area contributed by atoms with Crippen molar-refractivity contribution in [2.45, 2.75) is 58.7 Å². The molecule has 3 amide bonds. The van der Waals surface area contributed by atoms with E-state index in [9.17, 15) is 24.6 Å². The predicted octanol–water partition coefficient (Wildman–Crippen LogP) is 3.51. The maximum atomic E-state index is 13.6. The molecule has 10 nitrogen and oxygen atoms in total. The van der Waals surface area contributed by atoms with Crippen molar-refractivity contribution in [2.75, 3.05) is 25.6 Å². The molecule has 0 aliphatic rings. The smallest absolute Gasteiger partial charge is 0.408 e. The number of nitrogens with one attached hydrogen (secondary N) is 2. The van der Waals surface area contributed by atoms with Crippen molar-refractivity contribution in [1.29, 1.82) is 0 Å². The third-order valence-corrected chi connectivity index (χ3v) is 5.37. The molecule has 2 aromatic rings. The van der Waals surface area contributed by atoms with Crippen LogP contribution in [0.5, 0.6) is 11.5 Å². The molecule has 2 aromatic carbocycles. The van der Waals surface area contributed by atoms with E-state index >= 15 is 0 Å². The molecule has 2 unspecified atom stereocenters. The van der Waals surface area contributed by atoms with E-state index in [4.69, 9.17) is 9.47 Å². The van der Waals surface area contributed by atoms with E-state index in [0.717, 1.165) is 0 Å². The monoisotopic (exact) mass is 515 g/mol. The molecule has 0 spiro atoms. The normalized spacial score (nSPS) is 12.7. The van der Waals surface area contributed by atoms with Crippen LogP contribution in [0.15, 0.2) is 42.5 Å². The number of rotatable bonds is 10. The van der Waals surface area contributed by atoms with E-state index in [-0.39, 0.29) is 12.3 Å². The van der Waals surface area contributed by atoms with Gasteiger partial charge in [-0.25, -0.2) is 4.79 Å². The number of aryl methyl sites for hydroxylation is 1. The minimum atomic E-state index is -1.34. The van der Waals surface area contributed by atoms with Crippen LogP contribution in [0.2, 0.25) is 0 Å². The Kier molecular flexibility index (Phi) is 10.3. The lowest BCUT2D eigenvalue weighted by atomic mass is 10.00. The summed E-state index contributed by atoms with van der Waals surface area (Å²) in [7, 11) is 1.54. The maximum absolute atomic E-state index is 13.6. The number of alkyl carbamates (subject to hydrolysis) is 1. The van der Waals surface area contributed by atoms with Crippen LogP contribution in [0.4, 0.5) is 10.5 Å². The van der Waals surface area contributed by atoms with Gasteiger partial charge in [-0.05, 0) is 81.6 Å². The van der Waals surface area contributed by atoms with Crippen molar-refractivity contribution >= 4 is 23.6 Å². The SMILES string of the molecule is CCCN(C(=O)C(CO)NC(=O)OC(C)(C)C)C(C(=O)Nc1ccc(OC)cc1)c1ccc(O)c(C)c1. The van der Waals surface area contributed by atoms with Crippen LogP contribution in [0.1, 0.15) is 51.3 Å². The molecule has 0 saturated carbocycles. The number of benzene rings is 2. The summed E-state index contributed by atoms with van der Waals surface area (Å²) >= 11 is 0. The third kappa shape index (κ3) is 8.38. The lowest BCUT2D eigenvalue weighted by Gasteiger charge is -2.34. The summed E-state index contributed by atoms with van der Waals surface area (Å²) in [5.74, 6) is -0.501. The molecule has 0 bridgehead atoms. The summed E-state index contributed by atoms with van der Waals surface area (Å²) in [5, 5.41) is 25.2. The van der Waals surface area contributed by atoms with Crippen molar-refractivity contribution in [2.24, 2.45) is 0 Å². The van der Waals surface area contributed by atoms with Gasteiger partial charge in [-0.2, -0.15) is 0 Å². The summed E-state index contributed by atoms with van der Waals surface area (Å²) in [4.78, 5) is 40.9. The quantitative estimate of drug-likeness (QED) is 0.380. The van der Waals surface area contributed by atoms with Crippen molar-refractivity contribution < 1.29 is 34.1 Å². The van der Waals surface area contributed by atoms with Gasteiger partial charge in [0.2, 0.25) is 5.91 Å². The summed E-state index contributed by atoms with van der Waals surface area (Å²) < 4.78 is 10.4. The zero-order valence-electron chi connectivity index (χ0n) is 22.2. The molecule has 10 heteroatoms. The van der Waals surface area contributed by atoms with Crippen molar-refractivity contribution in [3.63, 3.8) is 0 Å². The maximum Gasteiger partial charge on any atom is 0.408 e. The second kappa shape index (κ2) is 13.0. The standard InChI is InChI=1S/C27H37N3O7/c1-7-14-30(25(34)21(16-31)29-26(35)37-27(3,4)5)23(18-8-13-22(32)17(2)15-18)24(33)28-19-9-11-20(36-6)12-10-19/h8-13,15,21,23,31-32H,7,14,16H2,1-6H3,(H,28,33)(H,29,35). The average molecular weight is 516 g/mol. The van der Waals surface area contributed by atoms with E-state index in [2.05, 4.69) is 10.6 Å². The number of phenols is 1. The van der Waals surface area contributed by atoms with Crippen LogP contribution in [-0.4, -0.2) is 64.9 Å². The van der Waals surface area contributed by atoms with Gasteiger partial charge in [-0.15, -0.1) is 0 Å². The van der Waals surface area contributed by atoms with Crippen LogP contribution >= 0.6 is 0 Å². The highest BCUT2D eigenvalue weighted by Gasteiger charge is 2.36. The highest BCUT2D eigenvalue weighted by Crippen LogP contribution is 2.28. The number of carbonyl (C=O) groups excluding carboxylic acids is 3. The van der Waals surface area contributed by atoms with Crippen molar-refractivity contribution in [1.82, 2.24) is 10.2 Å². The number of carbonyl (C=O) groups is 3. The van der Waals surface area contributed by atoms with Gasteiger partial charge in [-0.1, -0.05) is 13.0 Å². The van der Waals surface area contributed by atoms with Crippen LogP contribution < -0.4 is 15.4 Å². The van der Waals surface area contributed by atoms with E-state index in [1.165, 1.54) is 18.1 Å². The Labute approximate surface area is 217 Å². The Morgan fingerprint density at radius 2 is 1.73 bits per heavy atom. The third-order valence-electron chi connectivity index (χ3n) is 5.37. The first-order valence-electron chi connectivity index (χ1n) is 12.1. The number of hydrogen-bond acceptors (Lipinski definition) is 7. The van der Waals surface area contributed by atoms with E-state index in [0.29, 0.717) is 29.0 Å². The van der Waals surface area contributed by atoms with Crippen molar-refractivity contribution in [3.05, 3.63) is 53.6 Å². The Bertz CT molecular complexity index is 1080. The number of anilines is 1.